The Morgan fingerprint density at radius 1 is 0.906 bits per heavy atom. The van der Waals surface area contributed by atoms with Crippen LogP contribution in [0.25, 0.3) is 11.0 Å². The van der Waals surface area contributed by atoms with E-state index in [1.165, 1.54) is 37.7 Å². The summed E-state index contributed by atoms with van der Waals surface area (Å²) in [6, 6.07) is 15.3. The fourth-order valence-corrected chi connectivity index (χ4v) is 4.76. The Hall–Kier alpha value is -3.12. The maximum atomic E-state index is 13.2. The molecule has 3 aromatic rings. The number of furan rings is 1. The molecule has 1 saturated carbocycles. The second kappa shape index (κ2) is 9.17. The maximum absolute atomic E-state index is 13.2. The lowest BCUT2D eigenvalue weighted by molar-refractivity contribution is 0.0285. The van der Waals surface area contributed by atoms with Crippen LogP contribution in [0.2, 0.25) is 0 Å². The Labute approximate surface area is 187 Å². The largest absolute Gasteiger partial charge is 0.449 e. The van der Waals surface area contributed by atoms with Gasteiger partial charge in [0.1, 0.15) is 11.3 Å². The summed E-state index contributed by atoms with van der Waals surface area (Å²) in [5, 5.41) is 3.68. The Morgan fingerprint density at radius 2 is 1.62 bits per heavy atom. The number of nitrogens with one attached hydrogen (secondary N) is 1. The van der Waals surface area contributed by atoms with Gasteiger partial charge in [-0.2, -0.15) is 0 Å². The minimum atomic E-state index is -0.247. The zero-order valence-electron chi connectivity index (χ0n) is 18.1. The van der Waals surface area contributed by atoms with Crippen molar-refractivity contribution in [2.75, 3.05) is 31.6 Å². The molecule has 2 aliphatic rings. The topological polar surface area (TPSA) is 71.8 Å². The number of hydrogen-bond donors (Lipinski definition) is 1. The quantitative estimate of drug-likeness (QED) is 0.615. The minimum absolute atomic E-state index is 0.167. The van der Waals surface area contributed by atoms with Crippen molar-refractivity contribution in [1.82, 2.24) is 4.90 Å². The van der Waals surface area contributed by atoms with Gasteiger partial charge in [0, 0.05) is 24.0 Å². The van der Waals surface area contributed by atoms with Crippen molar-refractivity contribution in [3.05, 3.63) is 65.4 Å². The first-order valence-corrected chi connectivity index (χ1v) is 11.5. The van der Waals surface area contributed by atoms with E-state index in [2.05, 4.69) is 17.4 Å². The standard InChI is InChI=1S/C26H28N2O4/c29-25(20-12-10-19(11-13-20)18-6-2-1-3-7-18)27-23-21-8-4-5-9-22(21)32-24(23)26(30)28-14-16-31-17-15-28/h4-5,8-13,18H,1-3,6-7,14-17H2,(H,27,29). The highest BCUT2D eigenvalue weighted by Gasteiger charge is 2.28. The monoisotopic (exact) mass is 432 g/mol. The Morgan fingerprint density at radius 3 is 2.38 bits per heavy atom. The van der Waals surface area contributed by atoms with E-state index in [1.54, 1.807) is 11.0 Å². The second-order valence-corrected chi connectivity index (χ2v) is 8.62. The van der Waals surface area contributed by atoms with Crippen LogP contribution in [0.3, 0.4) is 0 Å². The number of carbonyl (C=O) groups excluding carboxylic acids is 2. The lowest BCUT2D eigenvalue weighted by Gasteiger charge is -2.26. The van der Waals surface area contributed by atoms with Crippen molar-refractivity contribution in [2.45, 2.75) is 38.0 Å². The van der Waals surface area contributed by atoms with Crippen molar-refractivity contribution >= 4 is 28.5 Å². The molecule has 1 saturated heterocycles. The summed E-state index contributed by atoms with van der Waals surface area (Å²) in [5.41, 5.74) is 2.88. The molecule has 6 heteroatoms. The fraction of sp³-hybridized carbons (Fsp3) is 0.385. The van der Waals surface area contributed by atoms with Crippen LogP contribution < -0.4 is 5.32 Å². The predicted molar refractivity (Wildman–Crippen MR) is 123 cm³/mol. The number of amides is 2. The number of morpholine rings is 1. The molecule has 1 N–H and O–H groups in total. The molecule has 5 rings (SSSR count). The van der Waals surface area contributed by atoms with E-state index in [1.807, 2.05) is 30.3 Å². The SMILES string of the molecule is O=C(Nc1c(C(=O)N2CCOCC2)oc2ccccc12)c1ccc(C2CCCCC2)cc1. The molecule has 1 aliphatic heterocycles. The van der Waals surface area contributed by atoms with Gasteiger partial charge in [0.25, 0.3) is 11.8 Å². The molecule has 2 heterocycles. The Bertz CT molecular complexity index is 1110. The molecular weight excluding hydrogens is 404 g/mol. The summed E-state index contributed by atoms with van der Waals surface area (Å²) in [6.45, 7) is 2.01. The van der Waals surface area contributed by atoms with Crippen molar-refractivity contribution in [3.63, 3.8) is 0 Å². The number of carbonyl (C=O) groups is 2. The molecule has 166 valence electrons. The number of nitrogens with zero attached hydrogens (tertiary/aromatic N) is 1. The highest BCUT2D eigenvalue weighted by atomic mass is 16.5. The third kappa shape index (κ3) is 4.15. The molecule has 2 aromatic carbocycles. The smallest absolute Gasteiger partial charge is 0.291 e. The molecular formula is C26H28N2O4. The van der Waals surface area contributed by atoms with E-state index in [0.717, 1.165) is 5.39 Å². The van der Waals surface area contributed by atoms with Crippen LogP contribution in [-0.2, 0) is 4.74 Å². The van der Waals surface area contributed by atoms with Gasteiger partial charge in [-0.05, 0) is 48.6 Å². The first kappa shape index (κ1) is 20.8. The molecule has 0 atom stereocenters. The Kier molecular flexibility index (Phi) is 5.95. The van der Waals surface area contributed by atoms with Crippen LogP contribution in [0.5, 0.6) is 0 Å². The lowest BCUT2D eigenvalue weighted by Crippen LogP contribution is -2.40. The van der Waals surface area contributed by atoms with Crippen LogP contribution in [0.1, 0.15) is 64.5 Å². The maximum Gasteiger partial charge on any atom is 0.291 e. The van der Waals surface area contributed by atoms with Crippen LogP contribution >= 0.6 is 0 Å². The highest BCUT2D eigenvalue weighted by Crippen LogP contribution is 2.34. The van der Waals surface area contributed by atoms with Gasteiger partial charge >= 0.3 is 0 Å². The number of para-hydroxylation sites is 1. The Balaban J connectivity index is 1.40. The first-order chi connectivity index (χ1) is 15.7. The van der Waals surface area contributed by atoms with Gasteiger partial charge in [0.2, 0.25) is 5.76 Å². The summed E-state index contributed by atoms with van der Waals surface area (Å²) in [5.74, 6) is 0.284. The molecule has 0 spiro atoms. The van der Waals surface area contributed by atoms with Gasteiger partial charge in [-0.25, -0.2) is 0 Å². The normalized spacial score (nSPS) is 17.4. The average molecular weight is 433 g/mol. The molecule has 6 nitrogen and oxygen atoms in total. The molecule has 0 bridgehead atoms. The van der Waals surface area contributed by atoms with Crippen molar-refractivity contribution in [3.8, 4) is 0 Å². The van der Waals surface area contributed by atoms with Gasteiger partial charge in [-0.1, -0.05) is 43.5 Å². The predicted octanol–water partition coefficient (Wildman–Crippen LogP) is 5.21. The van der Waals surface area contributed by atoms with E-state index >= 15 is 0 Å². The van der Waals surface area contributed by atoms with Gasteiger partial charge in [0.05, 0.1) is 13.2 Å². The number of anilines is 1. The molecule has 2 fully saturated rings. The molecule has 2 amide bonds. The van der Waals surface area contributed by atoms with Crippen LogP contribution in [-0.4, -0.2) is 43.0 Å². The third-order valence-corrected chi connectivity index (χ3v) is 6.58. The van der Waals surface area contributed by atoms with Crippen LogP contribution in [0.4, 0.5) is 5.69 Å². The van der Waals surface area contributed by atoms with Crippen LogP contribution in [0.15, 0.2) is 52.9 Å². The van der Waals surface area contributed by atoms with E-state index < -0.39 is 0 Å². The van der Waals surface area contributed by atoms with Gasteiger partial charge in [-0.3, -0.25) is 9.59 Å². The molecule has 1 aromatic heterocycles. The number of benzene rings is 2. The van der Waals surface area contributed by atoms with Gasteiger partial charge in [-0.15, -0.1) is 0 Å². The van der Waals surface area contributed by atoms with Crippen LogP contribution in [0, 0.1) is 0 Å². The third-order valence-electron chi connectivity index (χ3n) is 6.58. The number of ether oxygens (including phenoxy) is 1. The summed E-state index contributed by atoms with van der Waals surface area (Å²) < 4.78 is 11.3. The average Bonchev–Trinajstić information content (AvgIpc) is 3.23. The van der Waals surface area contributed by atoms with E-state index in [0.29, 0.717) is 49.1 Å². The molecule has 1 aliphatic carbocycles. The van der Waals surface area contributed by atoms with Crippen molar-refractivity contribution in [1.29, 1.82) is 0 Å². The van der Waals surface area contributed by atoms with Crippen molar-refractivity contribution < 1.29 is 18.7 Å². The van der Waals surface area contributed by atoms with E-state index in [9.17, 15) is 9.59 Å². The first-order valence-electron chi connectivity index (χ1n) is 11.5. The van der Waals surface area contributed by atoms with Gasteiger partial charge < -0.3 is 19.4 Å². The van der Waals surface area contributed by atoms with E-state index in [-0.39, 0.29) is 17.6 Å². The fourth-order valence-electron chi connectivity index (χ4n) is 4.76. The number of fused-ring (bicyclic) bond motifs is 1. The zero-order chi connectivity index (χ0) is 21.9. The lowest BCUT2D eigenvalue weighted by atomic mass is 9.84. The molecule has 32 heavy (non-hydrogen) atoms. The summed E-state index contributed by atoms with van der Waals surface area (Å²) >= 11 is 0. The zero-order valence-corrected chi connectivity index (χ0v) is 18.1. The van der Waals surface area contributed by atoms with Crippen molar-refractivity contribution in [2.24, 2.45) is 0 Å². The number of rotatable bonds is 4. The van der Waals surface area contributed by atoms with Gasteiger partial charge in [0.15, 0.2) is 0 Å². The number of hydrogen-bond acceptors (Lipinski definition) is 4. The molecule has 0 radical (unpaired) electrons. The summed E-state index contributed by atoms with van der Waals surface area (Å²) in [7, 11) is 0. The minimum Gasteiger partial charge on any atom is -0.449 e. The second-order valence-electron chi connectivity index (χ2n) is 8.62. The highest BCUT2D eigenvalue weighted by molar-refractivity contribution is 6.14. The van der Waals surface area contributed by atoms with E-state index in [4.69, 9.17) is 9.15 Å². The summed E-state index contributed by atoms with van der Waals surface area (Å²) in [4.78, 5) is 28.0. The molecule has 0 unspecified atom stereocenters. The summed E-state index contributed by atoms with van der Waals surface area (Å²) in [6.07, 6.45) is 6.32.